The van der Waals surface area contributed by atoms with Crippen LogP contribution in [0.15, 0.2) is 30.7 Å². The molecule has 3 fully saturated rings. The van der Waals surface area contributed by atoms with E-state index in [1.54, 1.807) is 24.5 Å². The summed E-state index contributed by atoms with van der Waals surface area (Å²) in [6.07, 6.45) is 7.18. The second kappa shape index (κ2) is 6.15. The number of anilines is 1. The lowest BCUT2D eigenvalue weighted by Crippen LogP contribution is -2.45. The van der Waals surface area contributed by atoms with Gasteiger partial charge in [-0.3, -0.25) is 9.20 Å². The first-order valence-corrected chi connectivity index (χ1v) is 9.34. The van der Waals surface area contributed by atoms with Crippen LogP contribution >= 0.6 is 0 Å². The van der Waals surface area contributed by atoms with Crippen molar-refractivity contribution in [3.8, 4) is 11.8 Å². The molecule has 5 heterocycles. The van der Waals surface area contributed by atoms with Gasteiger partial charge in [-0.05, 0) is 31.9 Å². The van der Waals surface area contributed by atoms with Crippen LogP contribution in [0.3, 0.4) is 0 Å². The highest BCUT2D eigenvalue weighted by molar-refractivity contribution is 6.05. The first kappa shape index (κ1) is 17.9. The predicted molar refractivity (Wildman–Crippen MR) is 104 cm³/mol. The van der Waals surface area contributed by atoms with Crippen molar-refractivity contribution < 1.29 is 19.0 Å². The molecule has 2 bridgehead atoms. The highest BCUT2D eigenvalue weighted by atomic mass is 16.5. The Hall–Kier alpha value is -3.20. The Morgan fingerprint density at radius 1 is 1.21 bits per heavy atom. The lowest BCUT2D eigenvalue weighted by molar-refractivity contribution is 0.0154. The van der Waals surface area contributed by atoms with E-state index in [2.05, 4.69) is 22.2 Å². The third-order valence-electron chi connectivity index (χ3n) is 5.72. The van der Waals surface area contributed by atoms with Gasteiger partial charge in [-0.2, -0.15) is 4.98 Å². The number of nitrogens with one attached hydrogen (secondary N) is 1. The van der Waals surface area contributed by atoms with Crippen molar-refractivity contribution in [3.63, 3.8) is 0 Å². The van der Waals surface area contributed by atoms with Crippen molar-refractivity contribution in [1.82, 2.24) is 19.4 Å². The molecule has 0 atom stereocenters. The van der Waals surface area contributed by atoms with Crippen LogP contribution in [0.4, 0.5) is 5.82 Å². The summed E-state index contributed by atoms with van der Waals surface area (Å²) in [5.41, 5.74) is 1.82. The van der Waals surface area contributed by atoms with Gasteiger partial charge >= 0.3 is 0 Å². The minimum atomic E-state index is -0.373. The summed E-state index contributed by atoms with van der Waals surface area (Å²) in [5.74, 6) is 0.551. The Labute approximate surface area is 167 Å². The minimum Gasteiger partial charge on any atom is -0.480 e. The molecule has 1 aliphatic carbocycles. The van der Waals surface area contributed by atoms with Crippen LogP contribution < -0.4 is 14.8 Å². The fourth-order valence-corrected chi connectivity index (χ4v) is 4.48. The first-order chi connectivity index (χ1) is 14.0. The monoisotopic (exact) mass is 395 g/mol. The van der Waals surface area contributed by atoms with Gasteiger partial charge in [0.05, 0.1) is 38.3 Å². The van der Waals surface area contributed by atoms with Crippen LogP contribution in [0.1, 0.15) is 35.8 Å². The molecule has 3 aromatic rings. The fourth-order valence-electron chi connectivity index (χ4n) is 4.48. The summed E-state index contributed by atoms with van der Waals surface area (Å²) in [6, 6.07) is 3.31. The van der Waals surface area contributed by atoms with Gasteiger partial charge in [-0.15, -0.1) is 0 Å². The zero-order valence-corrected chi connectivity index (χ0v) is 16.4. The summed E-state index contributed by atoms with van der Waals surface area (Å²) < 4.78 is 18.3. The van der Waals surface area contributed by atoms with E-state index in [-0.39, 0.29) is 22.8 Å². The van der Waals surface area contributed by atoms with Crippen LogP contribution in [-0.2, 0) is 10.2 Å². The third-order valence-corrected chi connectivity index (χ3v) is 5.72. The average molecular weight is 395 g/mol. The number of carbonyl (C=O) groups excluding carboxylic acids is 1. The number of imidazole rings is 1. The van der Waals surface area contributed by atoms with Crippen LogP contribution in [0.5, 0.6) is 11.8 Å². The summed E-state index contributed by atoms with van der Waals surface area (Å²) in [6.45, 7) is 2.81. The van der Waals surface area contributed by atoms with Crippen LogP contribution in [-0.4, -0.2) is 51.7 Å². The van der Waals surface area contributed by atoms with E-state index >= 15 is 0 Å². The molecule has 1 saturated carbocycles. The Balaban J connectivity index is 1.48. The third kappa shape index (κ3) is 2.72. The minimum absolute atomic E-state index is 0.0277. The Morgan fingerprint density at radius 2 is 2.00 bits per heavy atom. The van der Waals surface area contributed by atoms with E-state index < -0.39 is 0 Å². The predicted octanol–water partition coefficient (Wildman–Crippen LogP) is 2.21. The largest absolute Gasteiger partial charge is 0.480 e. The Morgan fingerprint density at radius 3 is 2.69 bits per heavy atom. The maximum atomic E-state index is 12.7. The maximum Gasteiger partial charge on any atom is 0.262 e. The number of aromatic nitrogens is 4. The Kier molecular flexibility index (Phi) is 3.79. The van der Waals surface area contributed by atoms with Crippen molar-refractivity contribution in [2.24, 2.45) is 0 Å². The van der Waals surface area contributed by atoms with Crippen LogP contribution in [0.25, 0.3) is 5.65 Å². The Bertz CT molecular complexity index is 1120. The molecule has 0 unspecified atom stereocenters. The van der Waals surface area contributed by atoms with Gasteiger partial charge < -0.3 is 19.5 Å². The molecule has 3 aliphatic rings. The molecule has 1 N–H and O–H groups in total. The lowest BCUT2D eigenvalue weighted by atomic mass is 9.62. The number of hydrogen-bond donors (Lipinski definition) is 1. The van der Waals surface area contributed by atoms with Crippen molar-refractivity contribution in [2.45, 2.75) is 30.8 Å². The highest BCUT2D eigenvalue weighted by Gasteiger charge is 2.61. The summed E-state index contributed by atoms with van der Waals surface area (Å²) >= 11 is 0. The molecule has 0 radical (unpaired) electrons. The highest BCUT2D eigenvalue weighted by Crippen LogP contribution is 2.58. The number of fused-ring (bicyclic) bond motifs is 2. The molecule has 3 aromatic heterocycles. The van der Waals surface area contributed by atoms with Crippen molar-refractivity contribution in [1.29, 1.82) is 0 Å². The maximum absolute atomic E-state index is 12.7. The number of carbonyl (C=O) groups is 1. The summed E-state index contributed by atoms with van der Waals surface area (Å²) in [4.78, 5) is 25.9. The van der Waals surface area contributed by atoms with Gasteiger partial charge in [-0.25, -0.2) is 9.97 Å². The van der Waals surface area contributed by atoms with E-state index in [1.807, 2.05) is 10.6 Å². The second-order valence-corrected chi connectivity index (χ2v) is 7.88. The van der Waals surface area contributed by atoms with Crippen molar-refractivity contribution in [2.75, 3.05) is 26.1 Å². The standard InChI is InChI=1S/C20H21N5O4/c1-19-9-20(10-19,11-29-19)13-7-25-8-14(24-18(28-3)15(25)22-13)23-16(26)12-5-4-6-21-17(12)27-2/h4-8H,9-11H2,1-3H3,(H,23,26). The molecule has 1 amide bonds. The summed E-state index contributed by atoms with van der Waals surface area (Å²) in [5, 5.41) is 2.78. The van der Waals surface area contributed by atoms with E-state index in [1.165, 1.54) is 14.2 Å². The van der Waals surface area contributed by atoms with Crippen molar-refractivity contribution in [3.05, 3.63) is 42.0 Å². The summed E-state index contributed by atoms with van der Waals surface area (Å²) in [7, 11) is 3.00. The number of ether oxygens (including phenoxy) is 3. The smallest absolute Gasteiger partial charge is 0.262 e. The molecule has 9 heteroatoms. The topological polar surface area (TPSA) is 99.9 Å². The van der Waals surface area contributed by atoms with Gasteiger partial charge in [0.15, 0.2) is 5.82 Å². The van der Waals surface area contributed by atoms with Gasteiger partial charge in [0.1, 0.15) is 5.56 Å². The number of nitrogens with zero attached hydrogens (tertiary/aromatic N) is 4. The molecular formula is C20H21N5O4. The van der Waals surface area contributed by atoms with E-state index in [0.29, 0.717) is 29.5 Å². The van der Waals surface area contributed by atoms with Gasteiger partial charge in [-0.1, -0.05) is 0 Å². The molecule has 150 valence electrons. The molecule has 0 spiro atoms. The van der Waals surface area contributed by atoms with E-state index in [4.69, 9.17) is 19.2 Å². The fraction of sp³-hybridized carbons (Fsp3) is 0.400. The molecular weight excluding hydrogens is 374 g/mol. The van der Waals surface area contributed by atoms with Crippen molar-refractivity contribution >= 4 is 17.4 Å². The molecule has 6 rings (SSSR count). The number of methoxy groups -OCH3 is 2. The average Bonchev–Trinajstić information content (AvgIpc) is 3.38. The number of pyridine rings is 1. The molecule has 9 nitrogen and oxygen atoms in total. The van der Waals surface area contributed by atoms with E-state index in [9.17, 15) is 4.79 Å². The molecule has 29 heavy (non-hydrogen) atoms. The molecule has 0 aromatic carbocycles. The second-order valence-electron chi connectivity index (χ2n) is 7.88. The normalized spacial score (nSPS) is 24.9. The first-order valence-electron chi connectivity index (χ1n) is 9.34. The number of rotatable bonds is 5. The van der Waals surface area contributed by atoms with Gasteiger partial charge in [0, 0.05) is 17.8 Å². The quantitative estimate of drug-likeness (QED) is 0.707. The van der Waals surface area contributed by atoms with Crippen LogP contribution in [0, 0.1) is 0 Å². The van der Waals surface area contributed by atoms with Crippen LogP contribution in [0.2, 0.25) is 0 Å². The SMILES string of the molecule is COc1ncccc1C(=O)Nc1cn2cc(C34COC(C)(C3)C4)nc2c(OC)n1. The lowest BCUT2D eigenvalue weighted by Gasteiger charge is -2.41. The molecule has 2 saturated heterocycles. The zero-order valence-electron chi connectivity index (χ0n) is 16.4. The number of hydrogen-bond acceptors (Lipinski definition) is 7. The van der Waals surface area contributed by atoms with Gasteiger partial charge in [0.2, 0.25) is 11.5 Å². The zero-order chi connectivity index (χ0) is 20.2. The number of amides is 1. The van der Waals surface area contributed by atoms with Gasteiger partial charge in [0.25, 0.3) is 11.8 Å². The van der Waals surface area contributed by atoms with E-state index in [0.717, 1.165) is 18.5 Å². The molecule has 2 aliphatic heterocycles.